The molecule has 2 heterocycles. The van der Waals surface area contributed by atoms with Gasteiger partial charge in [0.25, 0.3) is 0 Å². The Bertz CT molecular complexity index is 617. The van der Waals surface area contributed by atoms with Gasteiger partial charge in [0.1, 0.15) is 0 Å². The van der Waals surface area contributed by atoms with Crippen molar-refractivity contribution in [1.82, 2.24) is 15.2 Å². The Hall–Kier alpha value is -2.05. The Labute approximate surface area is 116 Å². The number of nitrogens with one attached hydrogen (secondary N) is 3. The molecule has 0 atom stereocenters. The molecule has 6 nitrogen and oxygen atoms in total. The molecule has 20 heavy (non-hydrogen) atoms. The van der Waals surface area contributed by atoms with Crippen LogP contribution in [0.2, 0.25) is 0 Å². The van der Waals surface area contributed by atoms with Crippen molar-refractivity contribution in [2.75, 3.05) is 38.0 Å². The first-order valence-corrected chi connectivity index (χ1v) is 6.76. The van der Waals surface area contributed by atoms with E-state index in [4.69, 9.17) is 0 Å². The number of nitrogens with zero attached hydrogens (tertiary/aromatic N) is 1. The molecule has 6 heteroatoms. The van der Waals surface area contributed by atoms with Crippen LogP contribution in [0.3, 0.4) is 0 Å². The number of piperazine rings is 1. The third kappa shape index (κ3) is 2.61. The third-order valence-corrected chi connectivity index (χ3v) is 3.57. The van der Waals surface area contributed by atoms with Gasteiger partial charge in [-0.3, -0.25) is 9.69 Å². The molecule has 2 aromatic rings. The van der Waals surface area contributed by atoms with Crippen LogP contribution in [-0.2, 0) is 4.79 Å². The monoisotopic (exact) mass is 274 g/mol. The Kier molecular flexibility index (Phi) is 3.58. The molecular formula is C14H18N4O2. The summed E-state index contributed by atoms with van der Waals surface area (Å²) in [6.45, 7) is 4.03. The molecule has 106 valence electrons. The number of hydrogen-bond acceptors (Lipinski definition) is 4. The van der Waals surface area contributed by atoms with Crippen molar-refractivity contribution in [3.05, 3.63) is 24.4 Å². The predicted molar refractivity (Wildman–Crippen MR) is 77.9 cm³/mol. The minimum absolute atomic E-state index is 0.0277. The van der Waals surface area contributed by atoms with E-state index >= 15 is 0 Å². The number of carbonyl (C=O) groups is 1. The fraction of sp³-hybridized carbons (Fsp3) is 0.357. The number of H-pyrrole nitrogens is 1. The molecule has 1 amide bonds. The highest BCUT2D eigenvalue weighted by molar-refractivity contribution is 6.04. The summed E-state index contributed by atoms with van der Waals surface area (Å²) in [5.74, 6) is 0.0956. The summed E-state index contributed by atoms with van der Waals surface area (Å²) in [6, 6.07) is 5.47. The quantitative estimate of drug-likeness (QED) is 0.665. The SMILES string of the molecule is O=C(CN1CCNCC1)Nc1cccc2c(O)[nH]cc12. The molecule has 1 saturated heterocycles. The number of benzene rings is 1. The maximum atomic E-state index is 12.1. The molecule has 0 unspecified atom stereocenters. The van der Waals surface area contributed by atoms with Gasteiger partial charge in [0.15, 0.2) is 5.88 Å². The molecule has 3 rings (SSSR count). The van der Waals surface area contributed by atoms with E-state index in [1.54, 1.807) is 6.20 Å². The second kappa shape index (κ2) is 5.52. The van der Waals surface area contributed by atoms with Crippen molar-refractivity contribution < 1.29 is 9.90 Å². The molecule has 0 saturated carbocycles. The highest BCUT2D eigenvalue weighted by atomic mass is 16.3. The lowest BCUT2D eigenvalue weighted by Crippen LogP contribution is -2.46. The van der Waals surface area contributed by atoms with Gasteiger partial charge in [-0.25, -0.2) is 0 Å². The molecule has 1 fully saturated rings. The summed E-state index contributed by atoms with van der Waals surface area (Å²) in [5.41, 5.74) is 0.721. The largest absolute Gasteiger partial charge is 0.494 e. The summed E-state index contributed by atoms with van der Waals surface area (Å²) in [7, 11) is 0. The van der Waals surface area contributed by atoms with Crippen LogP contribution in [0.1, 0.15) is 0 Å². The van der Waals surface area contributed by atoms with Crippen molar-refractivity contribution in [2.45, 2.75) is 0 Å². The van der Waals surface area contributed by atoms with Crippen molar-refractivity contribution in [3.63, 3.8) is 0 Å². The van der Waals surface area contributed by atoms with Gasteiger partial charge in [0.05, 0.1) is 12.2 Å². The standard InChI is InChI=1S/C14H18N4O2/c19-13(9-18-6-4-15-5-7-18)17-12-3-1-2-10-11(12)8-16-14(10)20/h1-3,8,15-16,20H,4-7,9H2,(H,17,19). The number of rotatable bonds is 3. The van der Waals surface area contributed by atoms with Gasteiger partial charge in [0.2, 0.25) is 5.91 Å². The lowest BCUT2D eigenvalue weighted by atomic mass is 10.2. The van der Waals surface area contributed by atoms with Crippen molar-refractivity contribution in [1.29, 1.82) is 0 Å². The van der Waals surface area contributed by atoms with E-state index in [1.807, 2.05) is 18.2 Å². The number of carbonyl (C=O) groups excluding carboxylic acids is 1. The number of fused-ring (bicyclic) bond motifs is 1. The maximum Gasteiger partial charge on any atom is 0.238 e. The van der Waals surface area contributed by atoms with Gasteiger partial charge in [-0.1, -0.05) is 6.07 Å². The number of aromatic nitrogens is 1. The highest BCUT2D eigenvalue weighted by Crippen LogP contribution is 2.29. The molecular weight excluding hydrogens is 256 g/mol. The van der Waals surface area contributed by atoms with Gasteiger partial charge < -0.3 is 20.7 Å². The second-order valence-electron chi connectivity index (χ2n) is 4.98. The van der Waals surface area contributed by atoms with Gasteiger partial charge >= 0.3 is 0 Å². The van der Waals surface area contributed by atoms with Crippen LogP contribution in [0, 0.1) is 0 Å². The van der Waals surface area contributed by atoms with Crippen LogP contribution in [0.5, 0.6) is 5.88 Å². The third-order valence-electron chi connectivity index (χ3n) is 3.57. The van der Waals surface area contributed by atoms with E-state index < -0.39 is 0 Å². The Morgan fingerprint density at radius 3 is 2.90 bits per heavy atom. The molecule has 1 aromatic carbocycles. The lowest BCUT2D eigenvalue weighted by molar-refractivity contribution is -0.117. The molecule has 0 spiro atoms. The molecule has 0 aliphatic carbocycles. The highest BCUT2D eigenvalue weighted by Gasteiger charge is 2.14. The lowest BCUT2D eigenvalue weighted by Gasteiger charge is -2.26. The Morgan fingerprint density at radius 1 is 1.30 bits per heavy atom. The van der Waals surface area contributed by atoms with Crippen LogP contribution in [0.4, 0.5) is 5.69 Å². The smallest absolute Gasteiger partial charge is 0.238 e. The fourth-order valence-electron chi connectivity index (χ4n) is 2.52. The van der Waals surface area contributed by atoms with E-state index in [2.05, 4.69) is 20.5 Å². The topological polar surface area (TPSA) is 80.4 Å². The van der Waals surface area contributed by atoms with Gasteiger partial charge in [-0.05, 0) is 12.1 Å². The average molecular weight is 274 g/mol. The van der Waals surface area contributed by atoms with E-state index in [0.717, 1.165) is 37.3 Å². The zero-order chi connectivity index (χ0) is 13.9. The molecule has 1 aliphatic rings. The Morgan fingerprint density at radius 2 is 2.10 bits per heavy atom. The number of hydrogen-bond donors (Lipinski definition) is 4. The van der Waals surface area contributed by atoms with E-state index in [-0.39, 0.29) is 11.8 Å². The molecule has 1 aliphatic heterocycles. The van der Waals surface area contributed by atoms with E-state index in [1.165, 1.54) is 0 Å². The van der Waals surface area contributed by atoms with Crippen LogP contribution in [0.25, 0.3) is 10.8 Å². The summed E-state index contributed by atoms with van der Waals surface area (Å²) in [4.78, 5) is 17.0. The zero-order valence-electron chi connectivity index (χ0n) is 11.1. The Balaban J connectivity index is 1.70. The van der Waals surface area contributed by atoms with Crippen LogP contribution < -0.4 is 10.6 Å². The van der Waals surface area contributed by atoms with E-state index in [0.29, 0.717) is 11.9 Å². The van der Waals surface area contributed by atoms with Crippen LogP contribution in [-0.4, -0.2) is 53.6 Å². The van der Waals surface area contributed by atoms with E-state index in [9.17, 15) is 9.90 Å². The first-order valence-electron chi connectivity index (χ1n) is 6.76. The van der Waals surface area contributed by atoms with Crippen molar-refractivity contribution in [3.8, 4) is 5.88 Å². The number of aromatic hydroxyl groups is 1. The van der Waals surface area contributed by atoms with Crippen molar-refractivity contribution >= 4 is 22.4 Å². The maximum absolute atomic E-state index is 12.1. The number of aromatic amines is 1. The average Bonchev–Trinajstić information content (AvgIpc) is 2.83. The predicted octanol–water partition coefficient (Wildman–Crippen LogP) is 0.717. The van der Waals surface area contributed by atoms with Gasteiger partial charge in [-0.2, -0.15) is 0 Å². The summed E-state index contributed by atoms with van der Waals surface area (Å²) in [5, 5.41) is 17.4. The summed E-state index contributed by atoms with van der Waals surface area (Å²) >= 11 is 0. The first-order chi connectivity index (χ1) is 9.74. The van der Waals surface area contributed by atoms with Gasteiger partial charge in [-0.15, -0.1) is 0 Å². The van der Waals surface area contributed by atoms with Crippen LogP contribution in [0.15, 0.2) is 24.4 Å². The number of amides is 1. The summed E-state index contributed by atoms with van der Waals surface area (Å²) in [6.07, 6.45) is 1.70. The first kappa shape index (κ1) is 13.0. The van der Waals surface area contributed by atoms with Crippen LogP contribution >= 0.6 is 0 Å². The normalized spacial score (nSPS) is 16.4. The summed E-state index contributed by atoms with van der Waals surface area (Å²) < 4.78 is 0. The minimum atomic E-state index is -0.0277. The number of anilines is 1. The van der Waals surface area contributed by atoms with Gasteiger partial charge in [0, 0.05) is 43.1 Å². The molecule has 4 N–H and O–H groups in total. The zero-order valence-corrected chi connectivity index (χ0v) is 11.1. The fourth-order valence-corrected chi connectivity index (χ4v) is 2.52. The molecule has 1 aromatic heterocycles. The molecule has 0 bridgehead atoms. The second-order valence-corrected chi connectivity index (χ2v) is 4.98. The molecule has 0 radical (unpaired) electrons. The van der Waals surface area contributed by atoms with Crippen molar-refractivity contribution in [2.24, 2.45) is 0 Å². The minimum Gasteiger partial charge on any atom is -0.494 e.